The minimum Gasteiger partial charge on any atom is -0.379 e. The fraction of sp³-hybridized carbons (Fsp3) is 0.824. The predicted molar refractivity (Wildman–Crippen MR) is 90.1 cm³/mol. The fourth-order valence-corrected chi connectivity index (χ4v) is 3.49. The molecule has 25 heavy (non-hydrogen) atoms. The van der Waals surface area contributed by atoms with Gasteiger partial charge in [-0.3, -0.25) is 14.6 Å². The van der Waals surface area contributed by atoms with Gasteiger partial charge in [-0.15, -0.1) is 0 Å². The highest BCUT2D eigenvalue weighted by molar-refractivity contribution is 5.78. The number of ether oxygens (including phenoxy) is 1. The van der Waals surface area contributed by atoms with E-state index in [1.54, 1.807) is 0 Å². The molecule has 1 aromatic rings. The van der Waals surface area contributed by atoms with Crippen LogP contribution in [0, 0.1) is 0 Å². The molecule has 1 saturated carbocycles. The maximum atomic E-state index is 12.5. The SMILES string of the molecule is C[C@H](c1nc(C2CC2)no1)N1CCN(C(=O)CN2CCOCC2)CC1. The summed E-state index contributed by atoms with van der Waals surface area (Å²) in [6.45, 7) is 8.98. The van der Waals surface area contributed by atoms with Crippen molar-refractivity contribution in [3.05, 3.63) is 11.7 Å². The maximum Gasteiger partial charge on any atom is 0.243 e. The summed E-state index contributed by atoms with van der Waals surface area (Å²) < 4.78 is 10.8. The van der Waals surface area contributed by atoms with Crippen molar-refractivity contribution in [1.29, 1.82) is 0 Å². The van der Waals surface area contributed by atoms with Gasteiger partial charge in [-0.1, -0.05) is 5.16 Å². The zero-order valence-electron chi connectivity index (χ0n) is 14.9. The molecule has 2 saturated heterocycles. The van der Waals surface area contributed by atoms with Gasteiger partial charge in [-0.25, -0.2) is 0 Å². The van der Waals surface area contributed by atoms with Crippen molar-refractivity contribution in [3.63, 3.8) is 0 Å². The first kappa shape index (κ1) is 16.9. The molecule has 3 fully saturated rings. The van der Waals surface area contributed by atoms with Crippen molar-refractivity contribution in [2.24, 2.45) is 0 Å². The van der Waals surface area contributed by atoms with Crippen LogP contribution in [0.2, 0.25) is 0 Å². The molecule has 2 aliphatic heterocycles. The minimum atomic E-state index is 0.108. The number of morpholine rings is 1. The number of hydrogen-bond acceptors (Lipinski definition) is 7. The summed E-state index contributed by atoms with van der Waals surface area (Å²) in [4.78, 5) is 23.5. The molecule has 0 unspecified atom stereocenters. The van der Waals surface area contributed by atoms with Crippen molar-refractivity contribution >= 4 is 5.91 Å². The monoisotopic (exact) mass is 349 g/mol. The van der Waals surface area contributed by atoms with E-state index in [0.717, 1.165) is 58.3 Å². The topological polar surface area (TPSA) is 74.9 Å². The molecule has 0 bridgehead atoms. The molecule has 0 radical (unpaired) electrons. The lowest BCUT2D eigenvalue weighted by Gasteiger charge is -2.38. The van der Waals surface area contributed by atoms with Gasteiger partial charge in [0.1, 0.15) is 0 Å². The summed E-state index contributed by atoms with van der Waals surface area (Å²) in [5, 5.41) is 4.11. The third-order valence-corrected chi connectivity index (χ3v) is 5.43. The molecular formula is C17H27N5O3. The van der Waals surface area contributed by atoms with Crippen LogP contribution in [0.5, 0.6) is 0 Å². The summed E-state index contributed by atoms with van der Waals surface area (Å²) >= 11 is 0. The minimum absolute atomic E-state index is 0.108. The van der Waals surface area contributed by atoms with Crippen LogP contribution in [0.1, 0.15) is 43.4 Å². The Bertz CT molecular complexity index is 589. The van der Waals surface area contributed by atoms with Gasteiger partial charge in [-0.2, -0.15) is 4.98 Å². The van der Waals surface area contributed by atoms with E-state index >= 15 is 0 Å². The van der Waals surface area contributed by atoms with Crippen LogP contribution in [0.4, 0.5) is 0 Å². The summed E-state index contributed by atoms with van der Waals surface area (Å²) in [6, 6.07) is 0.108. The van der Waals surface area contributed by atoms with Crippen molar-refractivity contribution in [1.82, 2.24) is 24.8 Å². The number of nitrogens with zero attached hydrogens (tertiary/aromatic N) is 5. The highest BCUT2D eigenvalue weighted by Gasteiger charge is 2.32. The first-order valence-corrected chi connectivity index (χ1v) is 9.36. The standard InChI is InChI=1S/C17H27N5O3/c1-13(17-18-16(19-25-17)14-2-3-14)21-4-6-22(7-5-21)15(23)12-20-8-10-24-11-9-20/h13-14H,2-12H2,1H3/t13-/m1/s1. The Morgan fingerprint density at radius 1 is 1.16 bits per heavy atom. The molecule has 0 spiro atoms. The summed E-state index contributed by atoms with van der Waals surface area (Å²) in [5.74, 6) is 2.30. The number of amides is 1. The molecule has 0 aromatic carbocycles. The maximum absolute atomic E-state index is 12.5. The Labute approximate surface area is 148 Å². The van der Waals surface area contributed by atoms with E-state index < -0.39 is 0 Å². The highest BCUT2D eigenvalue weighted by Crippen LogP contribution is 2.38. The molecule has 1 amide bonds. The van der Waals surface area contributed by atoms with Crippen molar-refractivity contribution in [2.45, 2.75) is 31.7 Å². The zero-order chi connectivity index (χ0) is 17.2. The van der Waals surface area contributed by atoms with Crippen LogP contribution in [-0.4, -0.2) is 89.8 Å². The van der Waals surface area contributed by atoms with E-state index in [-0.39, 0.29) is 11.9 Å². The van der Waals surface area contributed by atoms with E-state index in [1.807, 2.05) is 4.90 Å². The van der Waals surface area contributed by atoms with E-state index in [9.17, 15) is 4.79 Å². The number of hydrogen-bond donors (Lipinski definition) is 0. The lowest BCUT2D eigenvalue weighted by atomic mass is 10.2. The van der Waals surface area contributed by atoms with Crippen molar-refractivity contribution < 1.29 is 14.1 Å². The van der Waals surface area contributed by atoms with Gasteiger partial charge < -0.3 is 14.2 Å². The molecule has 3 heterocycles. The van der Waals surface area contributed by atoms with Gasteiger partial charge in [0.15, 0.2) is 5.82 Å². The first-order chi connectivity index (χ1) is 12.2. The van der Waals surface area contributed by atoms with Gasteiger partial charge in [-0.05, 0) is 19.8 Å². The molecule has 8 heteroatoms. The quantitative estimate of drug-likeness (QED) is 0.765. The zero-order valence-corrected chi connectivity index (χ0v) is 14.9. The van der Waals surface area contributed by atoms with Gasteiger partial charge >= 0.3 is 0 Å². The Kier molecular flexibility index (Phi) is 5.00. The molecule has 138 valence electrons. The number of carbonyl (C=O) groups excluding carboxylic acids is 1. The lowest BCUT2D eigenvalue weighted by Crippen LogP contribution is -2.52. The number of carbonyl (C=O) groups is 1. The highest BCUT2D eigenvalue weighted by atomic mass is 16.5. The Balaban J connectivity index is 1.26. The number of piperazine rings is 1. The normalized spacial score (nSPS) is 24.4. The summed E-state index contributed by atoms with van der Waals surface area (Å²) in [5.41, 5.74) is 0. The smallest absolute Gasteiger partial charge is 0.243 e. The van der Waals surface area contributed by atoms with E-state index in [1.165, 1.54) is 12.8 Å². The van der Waals surface area contributed by atoms with Gasteiger partial charge in [0, 0.05) is 45.2 Å². The molecule has 0 N–H and O–H groups in total. The van der Waals surface area contributed by atoms with Gasteiger partial charge in [0.25, 0.3) is 0 Å². The van der Waals surface area contributed by atoms with Crippen LogP contribution in [0.15, 0.2) is 4.52 Å². The second kappa shape index (κ2) is 7.39. The Morgan fingerprint density at radius 2 is 1.88 bits per heavy atom. The summed E-state index contributed by atoms with van der Waals surface area (Å²) in [6.07, 6.45) is 2.36. The van der Waals surface area contributed by atoms with E-state index in [4.69, 9.17) is 9.26 Å². The summed E-state index contributed by atoms with van der Waals surface area (Å²) in [7, 11) is 0. The molecule has 3 aliphatic rings. The van der Waals surface area contributed by atoms with Gasteiger partial charge in [0.2, 0.25) is 11.8 Å². The second-order valence-corrected chi connectivity index (χ2v) is 7.25. The Hall–Kier alpha value is -1.51. The van der Waals surface area contributed by atoms with Crippen LogP contribution in [0.25, 0.3) is 0 Å². The lowest BCUT2D eigenvalue weighted by molar-refractivity contribution is -0.135. The van der Waals surface area contributed by atoms with Crippen LogP contribution >= 0.6 is 0 Å². The third-order valence-electron chi connectivity index (χ3n) is 5.43. The number of rotatable bonds is 5. The van der Waals surface area contributed by atoms with E-state index in [2.05, 4.69) is 26.9 Å². The van der Waals surface area contributed by atoms with E-state index in [0.29, 0.717) is 18.4 Å². The van der Waals surface area contributed by atoms with Crippen LogP contribution in [-0.2, 0) is 9.53 Å². The largest absolute Gasteiger partial charge is 0.379 e. The second-order valence-electron chi connectivity index (χ2n) is 7.25. The molecule has 8 nitrogen and oxygen atoms in total. The third kappa shape index (κ3) is 4.02. The average Bonchev–Trinajstić information content (AvgIpc) is 3.39. The molecule has 1 aromatic heterocycles. The molecule has 1 aliphatic carbocycles. The van der Waals surface area contributed by atoms with Crippen molar-refractivity contribution in [3.8, 4) is 0 Å². The van der Waals surface area contributed by atoms with Crippen molar-refractivity contribution in [2.75, 3.05) is 59.0 Å². The van der Waals surface area contributed by atoms with Gasteiger partial charge in [0.05, 0.1) is 25.8 Å². The van der Waals surface area contributed by atoms with Crippen LogP contribution < -0.4 is 0 Å². The Morgan fingerprint density at radius 3 is 2.56 bits per heavy atom. The molecular weight excluding hydrogens is 322 g/mol. The van der Waals surface area contributed by atoms with Crippen LogP contribution in [0.3, 0.4) is 0 Å². The molecule has 4 rings (SSSR count). The fourth-order valence-electron chi connectivity index (χ4n) is 3.49. The molecule has 1 atom stereocenters. The first-order valence-electron chi connectivity index (χ1n) is 9.36. The number of aromatic nitrogens is 2. The predicted octanol–water partition coefficient (Wildman–Crippen LogP) is 0.484. The average molecular weight is 349 g/mol.